The van der Waals surface area contributed by atoms with E-state index in [4.69, 9.17) is 0 Å². The molecule has 0 bridgehead atoms. The second-order valence-electron chi connectivity index (χ2n) is 7.96. The first-order valence-corrected chi connectivity index (χ1v) is 12.7. The molecule has 0 aliphatic carbocycles. The number of carbonyl (C=O) groups is 2. The third-order valence-corrected chi connectivity index (χ3v) is 8.82. The van der Waals surface area contributed by atoms with Crippen LogP contribution in [-0.2, 0) is 14.6 Å². The van der Waals surface area contributed by atoms with Crippen LogP contribution < -0.4 is 0 Å². The smallest absolute Gasteiger partial charge is 0.263 e. The molecule has 2 amide bonds. The largest absolute Gasteiger partial charge is 0.340 e. The molecule has 4 heterocycles. The van der Waals surface area contributed by atoms with Crippen LogP contribution in [0.25, 0.3) is 0 Å². The van der Waals surface area contributed by atoms with Gasteiger partial charge in [-0.25, -0.2) is 8.42 Å². The molecule has 3 saturated heterocycles. The van der Waals surface area contributed by atoms with E-state index in [0.717, 1.165) is 30.8 Å². The van der Waals surface area contributed by atoms with Gasteiger partial charge in [0.05, 0.1) is 16.4 Å². The lowest BCUT2D eigenvalue weighted by molar-refractivity contribution is -0.139. The highest BCUT2D eigenvalue weighted by molar-refractivity contribution is 7.91. The number of piperazine rings is 1. The van der Waals surface area contributed by atoms with Crippen LogP contribution >= 0.6 is 11.3 Å². The number of hydrogen-bond acceptors (Lipinski definition) is 6. The zero-order valence-corrected chi connectivity index (χ0v) is 17.6. The Kier molecular flexibility index (Phi) is 5.76. The third kappa shape index (κ3) is 4.26. The van der Waals surface area contributed by atoms with E-state index >= 15 is 0 Å². The Balaban J connectivity index is 1.24. The van der Waals surface area contributed by atoms with Crippen LogP contribution in [0.15, 0.2) is 17.5 Å². The minimum atomic E-state index is -2.87. The minimum absolute atomic E-state index is 0.00852. The Hall–Kier alpha value is -1.45. The van der Waals surface area contributed by atoms with Gasteiger partial charge in [0, 0.05) is 51.2 Å². The SMILES string of the molecule is O=C(c1cccs1)N1CCC(C(=O)N2CCN([C@@H]3CCS(=O)(=O)C3)CC2)CC1. The lowest BCUT2D eigenvalue weighted by atomic mass is 9.94. The normalized spacial score (nSPS) is 26.5. The van der Waals surface area contributed by atoms with E-state index in [1.807, 2.05) is 27.3 Å². The van der Waals surface area contributed by atoms with Crippen LogP contribution in [0, 0.1) is 5.92 Å². The maximum atomic E-state index is 12.9. The molecule has 9 heteroatoms. The van der Waals surface area contributed by atoms with Crippen LogP contribution in [-0.4, -0.2) is 91.7 Å². The van der Waals surface area contributed by atoms with Gasteiger partial charge in [0.25, 0.3) is 5.91 Å². The van der Waals surface area contributed by atoms with Gasteiger partial charge in [0.1, 0.15) is 0 Å². The quantitative estimate of drug-likeness (QED) is 0.720. The highest BCUT2D eigenvalue weighted by atomic mass is 32.2. The van der Waals surface area contributed by atoms with Gasteiger partial charge in [-0.1, -0.05) is 6.07 Å². The van der Waals surface area contributed by atoms with Crippen LogP contribution in [0.2, 0.25) is 0 Å². The summed E-state index contributed by atoms with van der Waals surface area (Å²) in [5, 5.41) is 1.91. The van der Waals surface area contributed by atoms with Crippen molar-refractivity contribution in [1.82, 2.24) is 14.7 Å². The van der Waals surface area contributed by atoms with Crippen molar-refractivity contribution in [2.75, 3.05) is 50.8 Å². The van der Waals surface area contributed by atoms with E-state index < -0.39 is 9.84 Å². The zero-order chi connectivity index (χ0) is 19.7. The number of rotatable bonds is 3. The Morgan fingerprint density at radius 3 is 2.25 bits per heavy atom. The maximum absolute atomic E-state index is 12.9. The third-order valence-electron chi connectivity index (χ3n) is 6.21. The molecule has 1 aromatic rings. The molecule has 0 radical (unpaired) electrons. The number of nitrogens with zero attached hydrogens (tertiary/aromatic N) is 3. The zero-order valence-electron chi connectivity index (χ0n) is 16.0. The summed E-state index contributed by atoms with van der Waals surface area (Å²) in [5.74, 6) is 0.811. The molecule has 1 atom stereocenters. The topological polar surface area (TPSA) is 78.0 Å². The van der Waals surface area contributed by atoms with Crippen LogP contribution in [0.4, 0.5) is 0 Å². The van der Waals surface area contributed by atoms with Gasteiger partial charge >= 0.3 is 0 Å². The predicted octanol–water partition coefficient (Wildman–Crippen LogP) is 0.932. The van der Waals surface area contributed by atoms with Crippen molar-refractivity contribution < 1.29 is 18.0 Å². The molecule has 0 aromatic carbocycles. The summed E-state index contributed by atoms with van der Waals surface area (Å²) in [6.45, 7) is 4.11. The van der Waals surface area contributed by atoms with E-state index in [0.29, 0.717) is 38.4 Å². The summed E-state index contributed by atoms with van der Waals surface area (Å²) in [4.78, 5) is 32.1. The van der Waals surface area contributed by atoms with Crippen LogP contribution in [0.1, 0.15) is 28.9 Å². The Morgan fingerprint density at radius 1 is 0.964 bits per heavy atom. The lowest BCUT2D eigenvalue weighted by Crippen LogP contribution is -2.54. The van der Waals surface area contributed by atoms with Gasteiger partial charge in [0.2, 0.25) is 5.91 Å². The highest BCUT2D eigenvalue weighted by Crippen LogP contribution is 2.24. The van der Waals surface area contributed by atoms with Crippen LogP contribution in [0.3, 0.4) is 0 Å². The second-order valence-corrected chi connectivity index (χ2v) is 11.1. The van der Waals surface area contributed by atoms with Gasteiger partial charge < -0.3 is 9.80 Å². The summed E-state index contributed by atoms with van der Waals surface area (Å²) in [6.07, 6.45) is 2.15. The van der Waals surface area contributed by atoms with Crippen molar-refractivity contribution in [3.05, 3.63) is 22.4 Å². The van der Waals surface area contributed by atoms with Crippen molar-refractivity contribution in [3.8, 4) is 0 Å². The van der Waals surface area contributed by atoms with Gasteiger partial charge in [-0.2, -0.15) is 0 Å². The number of likely N-dealkylation sites (tertiary alicyclic amines) is 1. The fourth-order valence-electron chi connectivity index (χ4n) is 4.51. The molecule has 3 fully saturated rings. The fourth-order valence-corrected chi connectivity index (χ4v) is 6.97. The second kappa shape index (κ2) is 8.12. The standard InChI is InChI=1S/C19H27N3O4S2/c23-18(15-3-6-21(7-4-15)19(24)17-2-1-12-27-17)22-10-8-20(9-11-22)16-5-13-28(25,26)14-16/h1-2,12,15-16H,3-11,13-14H2/t16-/m1/s1. The van der Waals surface area contributed by atoms with E-state index in [9.17, 15) is 18.0 Å². The Labute approximate surface area is 170 Å². The molecule has 28 heavy (non-hydrogen) atoms. The summed E-state index contributed by atoms with van der Waals surface area (Å²) < 4.78 is 23.4. The Bertz CT molecular complexity index is 808. The molecular formula is C19H27N3O4S2. The summed E-state index contributed by atoms with van der Waals surface area (Å²) >= 11 is 1.46. The number of piperidine rings is 1. The molecule has 1 aromatic heterocycles. The molecule has 3 aliphatic rings. The first-order chi connectivity index (χ1) is 13.4. The monoisotopic (exact) mass is 425 g/mol. The summed E-state index contributed by atoms with van der Waals surface area (Å²) in [6, 6.07) is 3.85. The number of thiophene rings is 1. The lowest BCUT2D eigenvalue weighted by Gasteiger charge is -2.40. The van der Waals surface area contributed by atoms with E-state index in [-0.39, 0.29) is 29.5 Å². The fraction of sp³-hybridized carbons (Fsp3) is 0.684. The number of carbonyl (C=O) groups excluding carboxylic acids is 2. The summed E-state index contributed by atoms with van der Waals surface area (Å²) in [5.41, 5.74) is 0. The minimum Gasteiger partial charge on any atom is -0.340 e. The van der Waals surface area contributed by atoms with Crippen molar-refractivity contribution in [2.45, 2.75) is 25.3 Å². The van der Waals surface area contributed by atoms with Gasteiger partial charge in [-0.15, -0.1) is 11.3 Å². The van der Waals surface area contributed by atoms with Crippen molar-refractivity contribution in [3.63, 3.8) is 0 Å². The molecule has 154 valence electrons. The average molecular weight is 426 g/mol. The molecule has 0 spiro atoms. The van der Waals surface area contributed by atoms with Crippen molar-refractivity contribution in [1.29, 1.82) is 0 Å². The van der Waals surface area contributed by atoms with Crippen molar-refractivity contribution in [2.24, 2.45) is 5.92 Å². The van der Waals surface area contributed by atoms with E-state index in [2.05, 4.69) is 4.90 Å². The van der Waals surface area contributed by atoms with E-state index in [1.165, 1.54) is 11.3 Å². The average Bonchev–Trinajstić information content (AvgIpc) is 3.37. The molecular weight excluding hydrogens is 398 g/mol. The number of hydrogen-bond donors (Lipinski definition) is 0. The van der Waals surface area contributed by atoms with Gasteiger partial charge in [0.15, 0.2) is 9.84 Å². The first kappa shape index (κ1) is 19.8. The van der Waals surface area contributed by atoms with Crippen LogP contribution in [0.5, 0.6) is 0 Å². The Morgan fingerprint density at radius 2 is 1.68 bits per heavy atom. The molecule has 7 nitrogen and oxygen atoms in total. The maximum Gasteiger partial charge on any atom is 0.263 e. The summed E-state index contributed by atoms with van der Waals surface area (Å²) in [7, 11) is -2.87. The number of sulfone groups is 1. The highest BCUT2D eigenvalue weighted by Gasteiger charge is 2.36. The molecule has 0 N–H and O–H groups in total. The van der Waals surface area contributed by atoms with Gasteiger partial charge in [-0.3, -0.25) is 14.5 Å². The molecule has 0 saturated carbocycles. The number of amides is 2. The van der Waals surface area contributed by atoms with E-state index in [1.54, 1.807) is 0 Å². The molecule has 4 rings (SSSR count). The first-order valence-electron chi connectivity index (χ1n) is 9.99. The molecule has 3 aliphatic heterocycles. The van der Waals surface area contributed by atoms with Crippen molar-refractivity contribution >= 4 is 33.0 Å². The van der Waals surface area contributed by atoms with Gasteiger partial charge in [-0.05, 0) is 30.7 Å². The predicted molar refractivity (Wildman–Crippen MR) is 108 cm³/mol. The molecule has 0 unspecified atom stereocenters.